The second kappa shape index (κ2) is 9.64. The zero-order valence-corrected chi connectivity index (χ0v) is 19.2. The van der Waals surface area contributed by atoms with Gasteiger partial charge in [-0.3, -0.25) is 4.79 Å². The molecule has 9 heteroatoms. The van der Waals surface area contributed by atoms with Crippen LogP contribution in [0.2, 0.25) is 0 Å². The summed E-state index contributed by atoms with van der Waals surface area (Å²) in [5.74, 6) is -0.747. The van der Waals surface area contributed by atoms with E-state index in [1.807, 2.05) is 6.07 Å². The topological polar surface area (TPSA) is 107 Å². The van der Waals surface area contributed by atoms with Crippen molar-refractivity contribution < 1.29 is 26.4 Å². The molecule has 1 atom stereocenters. The molecular formula is C23H23NO6S2. The van der Waals surface area contributed by atoms with E-state index in [9.17, 15) is 21.6 Å². The highest BCUT2D eigenvalue weighted by Gasteiger charge is 2.29. The number of benzene rings is 3. The number of ether oxygens (including phenoxy) is 1. The highest BCUT2D eigenvalue weighted by Crippen LogP contribution is 2.25. The quantitative estimate of drug-likeness (QED) is 0.504. The summed E-state index contributed by atoms with van der Waals surface area (Å²) in [5, 5.41) is 0. The number of sulfone groups is 1. The molecule has 0 saturated heterocycles. The summed E-state index contributed by atoms with van der Waals surface area (Å²) in [5.41, 5.74) is 1.08. The first-order valence-corrected chi connectivity index (χ1v) is 12.7. The Morgan fingerprint density at radius 3 is 2.06 bits per heavy atom. The van der Waals surface area contributed by atoms with Crippen LogP contribution in [0.3, 0.4) is 0 Å². The monoisotopic (exact) mass is 473 g/mol. The number of hydrogen-bond acceptors (Lipinski definition) is 6. The molecule has 0 aromatic heterocycles. The number of hydrogen-bond donors (Lipinski definition) is 1. The van der Waals surface area contributed by atoms with E-state index in [-0.39, 0.29) is 21.1 Å². The molecule has 0 fully saturated rings. The summed E-state index contributed by atoms with van der Waals surface area (Å²) in [6, 6.07) is 19.4. The van der Waals surface area contributed by atoms with Crippen LogP contribution in [0.4, 0.5) is 0 Å². The van der Waals surface area contributed by atoms with Crippen molar-refractivity contribution >= 4 is 25.8 Å². The number of nitrogens with one attached hydrogen (secondary N) is 1. The number of carbonyl (C=O) groups excluding carboxylic acids is 1. The van der Waals surface area contributed by atoms with Crippen molar-refractivity contribution in [1.29, 1.82) is 0 Å². The summed E-state index contributed by atoms with van der Waals surface area (Å²) >= 11 is 0. The van der Waals surface area contributed by atoms with Gasteiger partial charge in [-0.2, -0.15) is 4.72 Å². The minimum atomic E-state index is -4.25. The number of esters is 1. The molecule has 0 heterocycles. The van der Waals surface area contributed by atoms with Crippen molar-refractivity contribution in [3.63, 3.8) is 0 Å². The zero-order valence-electron chi connectivity index (χ0n) is 17.6. The summed E-state index contributed by atoms with van der Waals surface area (Å²) in [4.78, 5) is 11.9. The predicted octanol–water partition coefficient (Wildman–Crippen LogP) is 2.89. The fourth-order valence-electron chi connectivity index (χ4n) is 3.19. The summed E-state index contributed by atoms with van der Waals surface area (Å²) in [6.07, 6.45) is 0.0772. The minimum Gasteiger partial charge on any atom is -0.468 e. The van der Waals surface area contributed by atoms with Crippen LogP contribution in [0, 0.1) is 6.92 Å². The Bertz CT molecular complexity index is 1310. The lowest BCUT2D eigenvalue weighted by molar-refractivity contribution is -0.142. The van der Waals surface area contributed by atoms with Gasteiger partial charge in [-0.15, -0.1) is 0 Å². The third kappa shape index (κ3) is 5.24. The van der Waals surface area contributed by atoms with E-state index in [1.165, 1.54) is 31.4 Å². The smallest absolute Gasteiger partial charge is 0.324 e. The van der Waals surface area contributed by atoms with Crippen molar-refractivity contribution in [2.45, 2.75) is 34.1 Å². The van der Waals surface area contributed by atoms with Gasteiger partial charge in [0.25, 0.3) is 0 Å². The normalized spacial score (nSPS) is 12.8. The van der Waals surface area contributed by atoms with Crippen LogP contribution in [-0.4, -0.2) is 36.0 Å². The fraction of sp³-hybridized carbons (Fsp3) is 0.174. The highest BCUT2D eigenvalue weighted by atomic mass is 32.2. The molecule has 0 aliphatic carbocycles. The van der Waals surface area contributed by atoms with Gasteiger partial charge in [-0.05, 0) is 48.7 Å². The van der Waals surface area contributed by atoms with Gasteiger partial charge >= 0.3 is 5.97 Å². The highest BCUT2D eigenvalue weighted by molar-refractivity contribution is 7.91. The molecule has 32 heavy (non-hydrogen) atoms. The molecule has 0 saturated carbocycles. The van der Waals surface area contributed by atoms with Crippen LogP contribution < -0.4 is 4.72 Å². The molecule has 0 aliphatic heterocycles. The minimum absolute atomic E-state index is 0.0525. The maximum atomic E-state index is 13.2. The van der Waals surface area contributed by atoms with Crippen molar-refractivity contribution in [2.75, 3.05) is 7.11 Å². The lowest BCUT2D eigenvalue weighted by Crippen LogP contribution is -2.43. The molecule has 3 aromatic carbocycles. The molecule has 0 spiro atoms. The predicted molar refractivity (Wildman–Crippen MR) is 119 cm³/mol. The standard InChI is InChI=1S/C23H23NO6S2/c1-17-13-14-20(31(26,27)19-11-7-4-8-12-19)16-22(17)32(28,29)24-21(23(25)30-2)15-18-9-5-3-6-10-18/h3-14,16,21,24H,15H2,1-2H3/t21-/m1/s1. The number of sulfonamides is 1. The van der Waals surface area contributed by atoms with E-state index in [0.717, 1.165) is 11.6 Å². The summed E-state index contributed by atoms with van der Waals surface area (Å²) in [7, 11) is -6.99. The Labute approximate surface area is 188 Å². The van der Waals surface area contributed by atoms with Crippen molar-refractivity contribution in [1.82, 2.24) is 4.72 Å². The Balaban J connectivity index is 1.98. The van der Waals surface area contributed by atoms with Gasteiger partial charge in [-0.25, -0.2) is 16.8 Å². The van der Waals surface area contributed by atoms with Gasteiger partial charge in [0.05, 0.1) is 21.8 Å². The lowest BCUT2D eigenvalue weighted by atomic mass is 10.1. The van der Waals surface area contributed by atoms with Crippen LogP contribution in [0.1, 0.15) is 11.1 Å². The SMILES string of the molecule is COC(=O)[C@@H](Cc1ccccc1)NS(=O)(=O)c1cc(S(=O)(=O)c2ccccc2)ccc1C. The van der Waals surface area contributed by atoms with Gasteiger partial charge in [0, 0.05) is 0 Å². The number of carbonyl (C=O) groups is 1. The van der Waals surface area contributed by atoms with Gasteiger partial charge in [0.2, 0.25) is 19.9 Å². The van der Waals surface area contributed by atoms with Crippen LogP contribution in [0.5, 0.6) is 0 Å². The molecular weight excluding hydrogens is 450 g/mol. The molecule has 0 radical (unpaired) electrons. The second-order valence-corrected chi connectivity index (χ2v) is 10.8. The molecule has 0 bridgehead atoms. The Hall–Kier alpha value is -3.01. The van der Waals surface area contributed by atoms with Gasteiger partial charge in [0.15, 0.2) is 0 Å². The first kappa shape index (κ1) is 23.6. The lowest BCUT2D eigenvalue weighted by Gasteiger charge is -2.18. The van der Waals surface area contributed by atoms with Gasteiger partial charge < -0.3 is 4.74 Å². The third-order valence-electron chi connectivity index (χ3n) is 4.88. The molecule has 7 nitrogen and oxygen atoms in total. The van der Waals surface area contributed by atoms with Crippen molar-refractivity contribution in [3.8, 4) is 0 Å². The maximum Gasteiger partial charge on any atom is 0.324 e. The van der Waals surface area contributed by atoms with Gasteiger partial charge in [0.1, 0.15) is 6.04 Å². The third-order valence-corrected chi connectivity index (χ3v) is 8.26. The molecule has 3 rings (SSSR count). The average Bonchev–Trinajstić information content (AvgIpc) is 2.79. The fourth-order valence-corrected chi connectivity index (χ4v) is 6.03. The van der Waals surface area contributed by atoms with Crippen LogP contribution >= 0.6 is 0 Å². The Morgan fingerprint density at radius 1 is 0.875 bits per heavy atom. The molecule has 3 aromatic rings. The molecule has 0 aliphatic rings. The Kier molecular flexibility index (Phi) is 7.12. The first-order chi connectivity index (χ1) is 15.1. The van der Waals surface area contributed by atoms with Gasteiger partial charge in [-0.1, -0.05) is 54.6 Å². The second-order valence-electron chi connectivity index (χ2n) is 7.13. The van der Waals surface area contributed by atoms with Crippen LogP contribution in [0.15, 0.2) is 93.5 Å². The van der Waals surface area contributed by atoms with E-state index < -0.39 is 31.9 Å². The van der Waals surface area contributed by atoms with E-state index in [0.29, 0.717) is 5.56 Å². The van der Waals surface area contributed by atoms with Crippen LogP contribution in [-0.2, 0) is 35.8 Å². The zero-order chi connectivity index (χ0) is 23.4. The first-order valence-electron chi connectivity index (χ1n) is 9.70. The summed E-state index contributed by atoms with van der Waals surface area (Å²) in [6.45, 7) is 1.55. The van der Waals surface area contributed by atoms with E-state index in [2.05, 4.69) is 4.72 Å². The van der Waals surface area contributed by atoms with Crippen LogP contribution in [0.25, 0.3) is 0 Å². The van der Waals surface area contributed by atoms with Crippen molar-refractivity contribution in [2.24, 2.45) is 0 Å². The molecule has 0 amide bonds. The molecule has 168 valence electrons. The number of aryl methyl sites for hydroxylation is 1. The molecule has 0 unspecified atom stereocenters. The Morgan fingerprint density at radius 2 is 1.47 bits per heavy atom. The molecule has 1 N–H and O–H groups in total. The van der Waals surface area contributed by atoms with Crippen molar-refractivity contribution in [3.05, 3.63) is 90.0 Å². The average molecular weight is 474 g/mol. The number of methoxy groups -OCH3 is 1. The van der Waals surface area contributed by atoms with E-state index in [1.54, 1.807) is 49.4 Å². The number of rotatable bonds is 8. The maximum absolute atomic E-state index is 13.2. The summed E-state index contributed by atoms with van der Waals surface area (Å²) < 4.78 is 59.4. The largest absolute Gasteiger partial charge is 0.468 e. The van der Waals surface area contributed by atoms with E-state index in [4.69, 9.17) is 4.74 Å². The van der Waals surface area contributed by atoms with E-state index >= 15 is 0 Å².